The number of para-hydroxylation sites is 1. The SMILES string of the molecule is CC(=O)N[C@@H](Cc1c[nH]c2ccccc12)C(=O)OCc1cc(=O)n2cc(Br)ccc2n1. The molecule has 9 heteroatoms. The Bertz CT molecular complexity index is 1340. The molecule has 4 rings (SSSR count). The summed E-state index contributed by atoms with van der Waals surface area (Å²) in [7, 11) is 0. The van der Waals surface area contributed by atoms with Crippen LogP contribution in [-0.4, -0.2) is 32.3 Å². The van der Waals surface area contributed by atoms with E-state index in [-0.39, 0.29) is 24.5 Å². The topological polar surface area (TPSA) is 106 Å². The summed E-state index contributed by atoms with van der Waals surface area (Å²) < 4.78 is 7.54. The van der Waals surface area contributed by atoms with E-state index < -0.39 is 12.0 Å². The van der Waals surface area contributed by atoms with E-state index in [1.807, 2.05) is 30.5 Å². The molecule has 31 heavy (non-hydrogen) atoms. The molecule has 0 aliphatic heterocycles. The third kappa shape index (κ3) is 4.66. The summed E-state index contributed by atoms with van der Waals surface area (Å²) in [4.78, 5) is 44.2. The number of hydrogen-bond donors (Lipinski definition) is 2. The third-order valence-electron chi connectivity index (χ3n) is 4.80. The van der Waals surface area contributed by atoms with Crippen molar-refractivity contribution in [2.24, 2.45) is 0 Å². The Morgan fingerprint density at radius 2 is 2.06 bits per heavy atom. The molecule has 1 aromatic carbocycles. The number of hydrogen-bond acceptors (Lipinski definition) is 5. The fraction of sp³-hybridized carbons (Fsp3) is 0.182. The maximum absolute atomic E-state index is 12.7. The molecule has 3 aromatic heterocycles. The molecule has 3 heterocycles. The molecule has 1 amide bonds. The summed E-state index contributed by atoms with van der Waals surface area (Å²) in [6.45, 7) is 1.17. The number of aromatic nitrogens is 3. The van der Waals surface area contributed by atoms with Crippen molar-refractivity contribution in [2.75, 3.05) is 0 Å². The normalized spacial score (nSPS) is 12.1. The third-order valence-corrected chi connectivity index (χ3v) is 5.27. The van der Waals surface area contributed by atoms with Crippen LogP contribution in [0.25, 0.3) is 16.6 Å². The first kappa shape index (κ1) is 20.8. The van der Waals surface area contributed by atoms with E-state index >= 15 is 0 Å². The number of pyridine rings is 1. The minimum absolute atomic E-state index is 0.176. The van der Waals surface area contributed by atoms with Crippen molar-refractivity contribution < 1.29 is 14.3 Å². The van der Waals surface area contributed by atoms with E-state index in [9.17, 15) is 14.4 Å². The number of fused-ring (bicyclic) bond motifs is 2. The first-order valence-corrected chi connectivity index (χ1v) is 10.4. The first-order chi connectivity index (χ1) is 14.9. The summed E-state index contributed by atoms with van der Waals surface area (Å²) in [6.07, 6.45) is 3.70. The molecule has 0 fully saturated rings. The lowest BCUT2D eigenvalue weighted by Gasteiger charge is -2.16. The molecule has 0 aliphatic rings. The Kier molecular flexibility index (Phi) is 5.85. The smallest absolute Gasteiger partial charge is 0.329 e. The molecular weight excluding hydrogens is 464 g/mol. The standard InChI is InChI=1S/C22H19BrN4O4/c1-13(28)25-19(8-14-10-24-18-5-3-2-4-17(14)18)22(30)31-12-16-9-21(29)27-11-15(23)6-7-20(27)26-16/h2-7,9-11,19,24H,8,12H2,1H3,(H,25,28)/t19-/m0/s1. The van der Waals surface area contributed by atoms with Gasteiger partial charge in [0.2, 0.25) is 5.91 Å². The minimum Gasteiger partial charge on any atom is -0.458 e. The number of nitrogens with one attached hydrogen (secondary N) is 2. The summed E-state index contributed by atoms with van der Waals surface area (Å²) in [5.74, 6) is -0.937. The highest BCUT2D eigenvalue weighted by Crippen LogP contribution is 2.19. The fourth-order valence-electron chi connectivity index (χ4n) is 3.40. The summed E-state index contributed by atoms with van der Waals surface area (Å²) >= 11 is 3.32. The van der Waals surface area contributed by atoms with E-state index in [4.69, 9.17) is 4.74 Å². The molecule has 0 spiro atoms. The zero-order valence-electron chi connectivity index (χ0n) is 16.6. The number of rotatable bonds is 6. The van der Waals surface area contributed by atoms with Gasteiger partial charge in [-0.15, -0.1) is 0 Å². The van der Waals surface area contributed by atoms with Crippen molar-refractivity contribution in [2.45, 2.75) is 26.0 Å². The Labute approximate surface area is 185 Å². The van der Waals surface area contributed by atoms with Crippen LogP contribution >= 0.6 is 15.9 Å². The maximum atomic E-state index is 12.7. The Hall–Kier alpha value is -3.46. The van der Waals surface area contributed by atoms with Gasteiger partial charge in [-0.2, -0.15) is 0 Å². The van der Waals surface area contributed by atoms with Gasteiger partial charge in [-0.05, 0) is 39.7 Å². The van der Waals surface area contributed by atoms with Gasteiger partial charge in [0.25, 0.3) is 5.56 Å². The number of nitrogens with zero attached hydrogens (tertiary/aromatic N) is 2. The highest BCUT2D eigenvalue weighted by atomic mass is 79.9. The van der Waals surface area contributed by atoms with Gasteiger partial charge in [-0.25, -0.2) is 9.78 Å². The van der Waals surface area contributed by atoms with Crippen molar-refractivity contribution in [1.29, 1.82) is 0 Å². The highest BCUT2D eigenvalue weighted by molar-refractivity contribution is 9.10. The number of H-pyrrole nitrogens is 1. The molecule has 158 valence electrons. The molecular formula is C22H19BrN4O4. The van der Waals surface area contributed by atoms with Gasteiger partial charge >= 0.3 is 5.97 Å². The van der Waals surface area contributed by atoms with Crippen LogP contribution in [0.3, 0.4) is 0 Å². The number of esters is 1. The molecule has 8 nitrogen and oxygen atoms in total. The van der Waals surface area contributed by atoms with Crippen LogP contribution in [0.5, 0.6) is 0 Å². The fourth-order valence-corrected chi connectivity index (χ4v) is 3.74. The van der Waals surface area contributed by atoms with Crippen LogP contribution in [0.1, 0.15) is 18.2 Å². The van der Waals surface area contributed by atoms with Gasteiger partial charge in [-0.1, -0.05) is 18.2 Å². The zero-order valence-corrected chi connectivity index (χ0v) is 18.2. The second-order valence-corrected chi connectivity index (χ2v) is 8.00. The van der Waals surface area contributed by atoms with Crippen molar-refractivity contribution in [3.63, 3.8) is 0 Å². The van der Waals surface area contributed by atoms with Crippen molar-refractivity contribution in [3.05, 3.63) is 80.9 Å². The average molecular weight is 483 g/mol. The molecule has 0 radical (unpaired) electrons. The van der Waals surface area contributed by atoms with Gasteiger partial charge in [0.1, 0.15) is 18.3 Å². The molecule has 2 N–H and O–H groups in total. The van der Waals surface area contributed by atoms with Crippen LogP contribution in [0.4, 0.5) is 0 Å². The van der Waals surface area contributed by atoms with Crippen LogP contribution in [-0.2, 0) is 27.4 Å². The first-order valence-electron chi connectivity index (χ1n) is 9.57. The number of carbonyl (C=O) groups is 2. The lowest BCUT2D eigenvalue weighted by atomic mass is 10.0. The van der Waals surface area contributed by atoms with Gasteiger partial charge in [0.15, 0.2) is 0 Å². The molecule has 0 saturated heterocycles. The van der Waals surface area contributed by atoms with Crippen molar-refractivity contribution in [1.82, 2.24) is 19.7 Å². The summed E-state index contributed by atoms with van der Waals surface area (Å²) in [6, 6.07) is 11.6. The van der Waals surface area contributed by atoms with Gasteiger partial charge in [0, 0.05) is 47.2 Å². The van der Waals surface area contributed by atoms with E-state index in [1.54, 1.807) is 18.3 Å². The Balaban J connectivity index is 1.51. The molecule has 0 bridgehead atoms. The van der Waals surface area contributed by atoms with E-state index in [1.165, 1.54) is 17.4 Å². The molecule has 4 aromatic rings. The van der Waals surface area contributed by atoms with Crippen LogP contribution in [0.15, 0.2) is 64.1 Å². The molecule has 0 unspecified atom stereocenters. The number of benzene rings is 1. The number of carbonyl (C=O) groups excluding carboxylic acids is 2. The molecule has 0 aliphatic carbocycles. The van der Waals surface area contributed by atoms with Gasteiger partial charge in [0.05, 0.1) is 5.69 Å². The largest absolute Gasteiger partial charge is 0.458 e. The zero-order chi connectivity index (χ0) is 22.0. The predicted octanol–water partition coefficient (Wildman–Crippen LogP) is 2.73. The number of aromatic amines is 1. The maximum Gasteiger partial charge on any atom is 0.329 e. The lowest BCUT2D eigenvalue weighted by Crippen LogP contribution is -2.42. The Morgan fingerprint density at radius 3 is 2.87 bits per heavy atom. The van der Waals surface area contributed by atoms with Crippen LogP contribution in [0, 0.1) is 0 Å². The Morgan fingerprint density at radius 1 is 1.26 bits per heavy atom. The monoisotopic (exact) mass is 482 g/mol. The van der Waals surface area contributed by atoms with Crippen molar-refractivity contribution >= 4 is 44.4 Å². The van der Waals surface area contributed by atoms with Gasteiger partial charge < -0.3 is 15.0 Å². The predicted molar refractivity (Wildman–Crippen MR) is 119 cm³/mol. The number of amides is 1. The summed E-state index contributed by atoms with van der Waals surface area (Å²) in [5, 5.41) is 3.62. The number of halogens is 1. The second-order valence-electron chi connectivity index (χ2n) is 7.09. The molecule has 0 saturated carbocycles. The quantitative estimate of drug-likeness (QED) is 0.411. The molecule has 1 atom stereocenters. The van der Waals surface area contributed by atoms with Gasteiger partial charge in [-0.3, -0.25) is 14.0 Å². The average Bonchev–Trinajstić information content (AvgIpc) is 3.15. The lowest BCUT2D eigenvalue weighted by molar-refractivity contribution is -0.149. The summed E-state index contributed by atoms with van der Waals surface area (Å²) in [5.41, 5.74) is 2.32. The number of ether oxygens (including phenoxy) is 1. The van der Waals surface area contributed by atoms with Crippen molar-refractivity contribution in [3.8, 4) is 0 Å². The highest BCUT2D eigenvalue weighted by Gasteiger charge is 2.23. The van der Waals surface area contributed by atoms with E-state index in [0.717, 1.165) is 20.9 Å². The second kappa shape index (κ2) is 8.73. The van der Waals surface area contributed by atoms with E-state index in [0.29, 0.717) is 11.3 Å². The minimum atomic E-state index is -0.866. The van der Waals surface area contributed by atoms with E-state index in [2.05, 4.69) is 31.2 Å². The van der Waals surface area contributed by atoms with Crippen LogP contribution < -0.4 is 10.9 Å². The van der Waals surface area contributed by atoms with Crippen LogP contribution in [0.2, 0.25) is 0 Å².